The Balaban J connectivity index is 2.84. The molecular formula is C15H23FO. The van der Waals surface area contributed by atoms with Gasteiger partial charge in [-0.1, -0.05) is 38.8 Å². The lowest BCUT2D eigenvalue weighted by atomic mass is 9.88. The van der Waals surface area contributed by atoms with Crippen molar-refractivity contribution in [1.29, 1.82) is 0 Å². The average molecular weight is 238 g/mol. The van der Waals surface area contributed by atoms with Crippen molar-refractivity contribution >= 4 is 0 Å². The van der Waals surface area contributed by atoms with Gasteiger partial charge in [-0.2, -0.15) is 0 Å². The van der Waals surface area contributed by atoms with Gasteiger partial charge in [0.1, 0.15) is 5.82 Å². The van der Waals surface area contributed by atoms with Crippen molar-refractivity contribution in [1.82, 2.24) is 0 Å². The number of aliphatic hydroxyl groups excluding tert-OH is 1. The van der Waals surface area contributed by atoms with Crippen molar-refractivity contribution in [2.45, 2.75) is 52.6 Å². The summed E-state index contributed by atoms with van der Waals surface area (Å²) in [7, 11) is 0. The van der Waals surface area contributed by atoms with Crippen LogP contribution in [0.2, 0.25) is 0 Å². The number of halogens is 1. The van der Waals surface area contributed by atoms with Crippen molar-refractivity contribution in [3.8, 4) is 0 Å². The molecule has 0 saturated carbocycles. The Bertz CT molecular complexity index is 343. The predicted octanol–water partition coefficient (Wildman–Crippen LogP) is 4.38. The molecule has 1 atom stereocenters. The summed E-state index contributed by atoms with van der Waals surface area (Å²) in [5.41, 5.74) is 1.34. The van der Waals surface area contributed by atoms with Gasteiger partial charge in [-0.15, -0.1) is 0 Å². The largest absolute Gasteiger partial charge is 0.388 e. The summed E-state index contributed by atoms with van der Waals surface area (Å²) in [6, 6.07) is 5.04. The zero-order chi connectivity index (χ0) is 12.8. The van der Waals surface area contributed by atoms with Gasteiger partial charge in [-0.3, -0.25) is 0 Å². The predicted molar refractivity (Wildman–Crippen MR) is 69.4 cm³/mol. The highest BCUT2D eigenvalue weighted by Crippen LogP contribution is 2.30. The highest BCUT2D eigenvalue weighted by molar-refractivity contribution is 5.25. The smallest absolute Gasteiger partial charge is 0.126 e. The van der Waals surface area contributed by atoms with Gasteiger partial charge in [-0.05, 0) is 42.9 Å². The number of aryl methyl sites for hydroxylation is 1. The topological polar surface area (TPSA) is 20.2 Å². The molecule has 0 aromatic heterocycles. The second kappa shape index (κ2) is 6.75. The van der Waals surface area contributed by atoms with Crippen LogP contribution in [0.15, 0.2) is 18.2 Å². The van der Waals surface area contributed by atoms with Crippen LogP contribution >= 0.6 is 0 Å². The van der Waals surface area contributed by atoms with Gasteiger partial charge in [0.25, 0.3) is 0 Å². The second-order valence-corrected chi connectivity index (χ2v) is 4.79. The number of hydrogen-bond donors (Lipinski definition) is 1. The molecule has 0 radical (unpaired) electrons. The molecule has 1 aromatic rings. The molecule has 96 valence electrons. The first kappa shape index (κ1) is 14.2. The number of rotatable bonds is 6. The monoisotopic (exact) mass is 238 g/mol. The Morgan fingerprint density at radius 1 is 1.18 bits per heavy atom. The molecule has 17 heavy (non-hydrogen) atoms. The fourth-order valence-electron chi connectivity index (χ4n) is 2.27. The van der Waals surface area contributed by atoms with E-state index in [0.29, 0.717) is 11.1 Å². The molecule has 1 aromatic carbocycles. The van der Waals surface area contributed by atoms with Crippen LogP contribution in [0.4, 0.5) is 4.39 Å². The van der Waals surface area contributed by atoms with Crippen molar-refractivity contribution < 1.29 is 9.50 Å². The maximum absolute atomic E-state index is 13.5. The molecule has 1 unspecified atom stereocenters. The van der Waals surface area contributed by atoms with E-state index in [4.69, 9.17) is 0 Å². The maximum Gasteiger partial charge on any atom is 0.126 e. The lowest BCUT2D eigenvalue weighted by Gasteiger charge is -2.22. The minimum atomic E-state index is -0.537. The molecule has 0 aliphatic heterocycles. The van der Waals surface area contributed by atoms with Gasteiger partial charge < -0.3 is 5.11 Å². The third kappa shape index (κ3) is 3.81. The van der Waals surface area contributed by atoms with Gasteiger partial charge in [0.15, 0.2) is 0 Å². The van der Waals surface area contributed by atoms with E-state index in [9.17, 15) is 9.50 Å². The van der Waals surface area contributed by atoms with E-state index in [-0.39, 0.29) is 11.7 Å². The Labute approximate surface area is 104 Å². The summed E-state index contributed by atoms with van der Waals surface area (Å²) in [6.07, 6.45) is 3.55. The van der Waals surface area contributed by atoms with Gasteiger partial charge >= 0.3 is 0 Å². The van der Waals surface area contributed by atoms with Crippen molar-refractivity contribution in [2.75, 3.05) is 0 Å². The summed E-state index contributed by atoms with van der Waals surface area (Å²) in [4.78, 5) is 0. The average Bonchev–Trinajstić information content (AvgIpc) is 2.31. The van der Waals surface area contributed by atoms with Crippen molar-refractivity contribution in [2.24, 2.45) is 5.92 Å². The fraction of sp³-hybridized carbons (Fsp3) is 0.600. The van der Waals surface area contributed by atoms with Gasteiger partial charge in [0.2, 0.25) is 0 Å². The molecule has 0 aliphatic rings. The zero-order valence-electron chi connectivity index (χ0n) is 11.0. The van der Waals surface area contributed by atoms with Crippen LogP contribution in [0.5, 0.6) is 0 Å². The van der Waals surface area contributed by atoms with Crippen LogP contribution in [0, 0.1) is 18.7 Å². The molecule has 0 bridgehead atoms. The molecule has 1 N–H and O–H groups in total. The van der Waals surface area contributed by atoms with Crippen LogP contribution in [-0.4, -0.2) is 5.11 Å². The molecule has 2 heteroatoms. The van der Waals surface area contributed by atoms with Gasteiger partial charge in [0, 0.05) is 0 Å². The fourth-order valence-corrected chi connectivity index (χ4v) is 2.27. The summed E-state index contributed by atoms with van der Waals surface area (Å²) >= 11 is 0. The summed E-state index contributed by atoms with van der Waals surface area (Å²) in [5.74, 6) is 0.0143. The molecule has 1 rings (SSSR count). The normalized spacial score (nSPS) is 13.1. The lowest BCUT2D eigenvalue weighted by molar-refractivity contribution is 0.0961. The molecule has 0 fully saturated rings. The number of hydrogen-bond acceptors (Lipinski definition) is 1. The van der Waals surface area contributed by atoms with E-state index in [1.54, 1.807) is 13.0 Å². The van der Waals surface area contributed by atoms with Crippen LogP contribution in [0.3, 0.4) is 0 Å². The summed E-state index contributed by atoms with van der Waals surface area (Å²) in [6.45, 7) is 5.97. The Kier molecular flexibility index (Phi) is 5.63. The quantitative estimate of drug-likeness (QED) is 0.779. The third-order valence-corrected chi connectivity index (χ3v) is 3.30. The first-order valence-electron chi connectivity index (χ1n) is 6.54. The zero-order valence-corrected chi connectivity index (χ0v) is 11.0. The Morgan fingerprint density at radius 3 is 2.24 bits per heavy atom. The van der Waals surface area contributed by atoms with Crippen molar-refractivity contribution in [3.05, 3.63) is 35.1 Å². The highest BCUT2D eigenvalue weighted by atomic mass is 19.1. The SMILES string of the molecule is CCCC(CCC)C(O)c1ccc(C)c(F)c1. The van der Waals surface area contributed by atoms with Crippen LogP contribution in [-0.2, 0) is 0 Å². The molecule has 0 heterocycles. The Morgan fingerprint density at radius 2 is 1.76 bits per heavy atom. The van der Waals surface area contributed by atoms with E-state index >= 15 is 0 Å². The summed E-state index contributed by atoms with van der Waals surface area (Å²) < 4.78 is 13.5. The third-order valence-electron chi connectivity index (χ3n) is 3.30. The standard InChI is InChI=1S/C15H23FO/c1-4-6-12(7-5-2)15(17)13-9-8-11(3)14(16)10-13/h8-10,12,15,17H,4-7H2,1-3H3. The first-order valence-corrected chi connectivity index (χ1v) is 6.54. The number of aliphatic hydroxyl groups is 1. The lowest BCUT2D eigenvalue weighted by Crippen LogP contribution is -2.13. The molecule has 1 nitrogen and oxygen atoms in total. The van der Waals surface area contributed by atoms with Gasteiger partial charge in [-0.25, -0.2) is 4.39 Å². The summed E-state index contributed by atoms with van der Waals surface area (Å²) in [5, 5.41) is 10.3. The van der Waals surface area contributed by atoms with E-state index in [0.717, 1.165) is 25.7 Å². The van der Waals surface area contributed by atoms with E-state index in [1.807, 2.05) is 6.07 Å². The first-order chi connectivity index (χ1) is 8.10. The highest BCUT2D eigenvalue weighted by Gasteiger charge is 2.20. The van der Waals surface area contributed by atoms with Crippen LogP contribution < -0.4 is 0 Å². The van der Waals surface area contributed by atoms with Crippen molar-refractivity contribution in [3.63, 3.8) is 0 Å². The second-order valence-electron chi connectivity index (χ2n) is 4.79. The van der Waals surface area contributed by atoms with E-state index in [2.05, 4.69) is 13.8 Å². The molecule has 0 spiro atoms. The van der Waals surface area contributed by atoms with Crippen LogP contribution in [0.25, 0.3) is 0 Å². The maximum atomic E-state index is 13.5. The molecular weight excluding hydrogens is 215 g/mol. The van der Waals surface area contributed by atoms with Gasteiger partial charge in [0.05, 0.1) is 6.10 Å². The van der Waals surface area contributed by atoms with E-state index in [1.165, 1.54) is 6.07 Å². The molecule has 0 amide bonds. The Hall–Kier alpha value is -0.890. The number of benzene rings is 1. The minimum Gasteiger partial charge on any atom is -0.388 e. The van der Waals surface area contributed by atoms with Crippen LogP contribution in [0.1, 0.15) is 56.8 Å². The molecule has 0 aliphatic carbocycles. The minimum absolute atomic E-state index is 0.228. The van der Waals surface area contributed by atoms with E-state index < -0.39 is 6.10 Å². The molecule has 0 saturated heterocycles.